The van der Waals surface area contributed by atoms with Gasteiger partial charge in [0.1, 0.15) is 0 Å². The maximum atomic E-state index is 3.84. The maximum Gasteiger partial charge on any atom is 0.0203 e. The molecule has 0 saturated heterocycles. The van der Waals surface area contributed by atoms with Gasteiger partial charge in [-0.05, 0) is 26.3 Å². The normalized spacial score (nSPS) is 13.6. The Morgan fingerprint density at radius 2 is 1.90 bits per heavy atom. The second-order valence-electron chi connectivity index (χ2n) is 2.25. The van der Waals surface area contributed by atoms with Gasteiger partial charge in [-0.2, -0.15) is 0 Å². The molecule has 0 fully saturated rings. The highest BCUT2D eigenvalue weighted by atomic mass is 79.9. The van der Waals surface area contributed by atoms with Gasteiger partial charge < -0.3 is 0 Å². The molecule has 0 unspecified atom stereocenters. The molecule has 0 saturated carbocycles. The molecular formula is C9H13Br. The van der Waals surface area contributed by atoms with Crippen molar-refractivity contribution in [2.45, 2.75) is 20.8 Å². The second-order valence-corrected chi connectivity index (χ2v) is 3.11. The predicted molar refractivity (Wildman–Crippen MR) is 51.3 cm³/mol. The summed E-state index contributed by atoms with van der Waals surface area (Å²) in [5.41, 5.74) is 2.31. The quantitative estimate of drug-likeness (QED) is 0.596. The minimum absolute atomic E-state index is 1.10. The molecule has 56 valence electrons. The SMILES string of the molecule is C=C(C)/C(C)=C(Br)\C=C/C. The van der Waals surface area contributed by atoms with Crippen molar-refractivity contribution >= 4 is 15.9 Å². The zero-order valence-electron chi connectivity index (χ0n) is 6.74. The molecule has 0 aromatic rings. The molecule has 0 aliphatic heterocycles. The Morgan fingerprint density at radius 3 is 2.20 bits per heavy atom. The minimum Gasteiger partial charge on any atom is -0.0958 e. The molecule has 0 aliphatic carbocycles. The monoisotopic (exact) mass is 200 g/mol. The van der Waals surface area contributed by atoms with E-state index in [2.05, 4.69) is 22.5 Å². The van der Waals surface area contributed by atoms with Crippen molar-refractivity contribution in [1.82, 2.24) is 0 Å². The number of rotatable bonds is 2. The second kappa shape index (κ2) is 4.51. The molecule has 0 aliphatic rings. The van der Waals surface area contributed by atoms with E-state index in [-0.39, 0.29) is 0 Å². The van der Waals surface area contributed by atoms with Crippen LogP contribution in [0.4, 0.5) is 0 Å². The summed E-state index contributed by atoms with van der Waals surface area (Å²) in [7, 11) is 0. The first kappa shape index (κ1) is 9.70. The third-order valence-electron chi connectivity index (χ3n) is 1.31. The molecular weight excluding hydrogens is 188 g/mol. The fraction of sp³-hybridized carbons (Fsp3) is 0.333. The largest absolute Gasteiger partial charge is 0.0958 e. The molecule has 10 heavy (non-hydrogen) atoms. The summed E-state index contributed by atoms with van der Waals surface area (Å²) in [6, 6.07) is 0. The van der Waals surface area contributed by atoms with Crippen molar-refractivity contribution in [3.8, 4) is 0 Å². The van der Waals surface area contributed by atoms with Crippen LogP contribution in [0, 0.1) is 0 Å². The molecule has 0 heterocycles. The molecule has 0 N–H and O–H groups in total. The average molecular weight is 201 g/mol. The topological polar surface area (TPSA) is 0 Å². The summed E-state index contributed by atoms with van der Waals surface area (Å²) >= 11 is 3.44. The first-order chi connectivity index (χ1) is 4.59. The van der Waals surface area contributed by atoms with Gasteiger partial charge in [0.25, 0.3) is 0 Å². The Bertz CT molecular complexity index is 185. The molecule has 0 aromatic heterocycles. The van der Waals surface area contributed by atoms with Crippen LogP contribution < -0.4 is 0 Å². The van der Waals surface area contributed by atoms with Crippen LogP contribution in [0.3, 0.4) is 0 Å². The third kappa shape index (κ3) is 3.02. The lowest BCUT2D eigenvalue weighted by atomic mass is 10.1. The van der Waals surface area contributed by atoms with Gasteiger partial charge in [-0.15, -0.1) is 0 Å². The van der Waals surface area contributed by atoms with Crippen molar-refractivity contribution in [3.63, 3.8) is 0 Å². The molecule has 0 radical (unpaired) electrons. The van der Waals surface area contributed by atoms with Crippen molar-refractivity contribution < 1.29 is 0 Å². The Morgan fingerprint density at radius 1 is 1.40 bits per heavy atom. The van der Waals surface area contributed by atoms with Crippen LogP contribution in [0.15, 0.2) is 34.4 Å². The van der Waals surface area contributed by atoms with E-state index < -0.39 is 0 Å². The number of hydrogen-bond donors (Lipinski definition) is 0. The highest BCUT2D eigenvalue weighted by Crippen LogP contribution is 2.18. The average Bonchev–Trinajstić information content (AvgIpc) is 1.87. The van der Waals surface area contributed by atoms with Crippen LogP contribution in [-0.4, -0.2) is 0 Å². The van der Waals surface area contributed by atoms with Crippen LogP contribution >= 0.6 is 15.9 Å². The Hall–Kier alpha value is -0.300. The predicted octanol–water partition coefficient (Wildman–Crippen LogP) is 3.81. The summed E-state index contributed by atoms with van der Waals surface area (Å²) in [5.74, 6) is 0. The van der Waals surface area contributed by atoms with Crippen LogP contribution in [0.5, 0.6) is 0 Å². The van der Waals surface area contributed by atoms with Crippen molar-refractivity contribution in [3.05, 3.63) is 34.4 Å². The molecule has 0 bridgehead atoms. The van der Waals surface area contributed by atoms with Crippen molar-refractivity contribution in [2.24, 2.45) is 0 Å². The third-order valence-corrected chi connectivity index (χ3v) is 2.17. The van der Waals surface area contributed by atoms with Crippen LogP contribution in [0.1, 0.15) is 20.8 Å². The fourth-order valence-corrected chi connectivity index (χ4v) is 1.08. The first-order valence-corrected chi connectivity index (χ1v) is 4.03. The number of allylic oxidation sites excluding steroid dienone is 5. The van der Waals surface area contributed by atoms with Gasteiger partial charge in [-0.25, -0.2) is 0 Å². The van der Waals surface area contributed by atoms with E-state index in [1.54, 1.807) is 0 Å². The first-order valence-electron chi connectivity index (χ1n) is 3.24. The van der Waals surface area contributed by atoms with Crippen LogP contribution in [-0.2, 0) is 0 Å². The van der Waals surface area contributed by atoms with E-state index in [1.165, 1.54) is 5.57 Å². The smallest absolute Gasteiger partial charge is 0.0203 e. The summed E-state index contributed by atoms with van der Waals surface area (Å²) in [5, 5.41) is 0. The highest BCUT2D eigenvalue weighted by molar-refractivity contribution is 9.11. The summed E-state index contributed by atoms with van der Waals surface area (Å²) in [6.07, 6.45) is 4.01. The number of halogens is 1. The lowest BCUT2D eigenvalue weighted by Crippen LogP contribution is -1.78. The van der Waals surface area contributed by atoms with Crippen molar-refractivity contribution in [2.75, 3.05) is 0 Å². The van der Waals surface area contributed by atoms with Gasteiger partial charge in [-0.1, -0.05) is 40.2 Å². The van der Waals surface area contributed by atoms with Gasteiger partial charge in [0.05, 0.1) is 0 Å². The summed E-state index contributed by atoms with van der Waals surface area (Å²) in [4.78, 5) is 0. The molecule has 0 atom stereocenters. The fourth-order valence-electron chi connectivity index (χ4n) is 0.475. The minimum atomic E-state index is 1.10. The van der Waals surface area contributed by atoms with Gasteiger partial charge in [0.15, 0.2) is 0 Å². The van der Waals surface area contributed by atoms with E-state index in [9.17, 15) is 0 Å². The van der Waals surface area contributed by atoms with Gasteiger partial charge in [0, 0.05) is 4.48 Å². The van der Waals surface area contributed by atoms with Crippen LogP contribution in [0.2, 0.25) is 0 Å². The standard InChI is InChI=1S/C9H13Br/c1-5-6-9(10)8(4)7(2)3/h5-6H,2H2,1,3-4H3/b6-5-,9-8+. The molecule has 0 aromatic carbocycles. The zero-order chi connectivity index (χ0) is 8.15. The van der Waals surface area contributed by atoms with E-state index in [0.29, 0.717) is 0 Å². The Kier molecular flexibility index (Phi) is 4.37. The van der Waals surface area contributed by atoms with E-state index in [0.717, 1.165) is 10.1 Å². The number of hydrogen-bond acceptors (Lipinski definition) is 0. The highest BCUT2D eigenvalue weighted by Gasteiger charge is 1.93. The van der Waals surface area contributed by atoms with Gasteiger partial charge >= 0.3 is 0 Å². The molecule has 0 nitrogen and oxygen atoms in total. The maximum absolute atomic E-state index is 3.84. The lowest BCUT2D eigenvalue weighted by Gasteiger charge is -1.99. The summed E-state index contributed by atoms with van der Waals surface area (Å²) < 4.78 is 1.11. The molecule has 0 rings (SSSR count). The Labute approximate surface area is 71.5 Å². The van der Waals surface area contributed by atoms with E-state index >= 15 is 0 Å². The zero-order valence-corrected chi connectivity index (χ0v) is 8.33. The van der Waals surface area contributed by atoms with Crippen LogP contribution in [0.25, 0.3) is 0 Å². The molecule has 0 amide bonds. The molecule has 1 heteroatoms. The lowest BCUT2D eigenvalue weighted by molar-refractivity contribution is 1.36. The van der Waals surface area contributed by atoms with E-state index in [1.807, 2.05) is 32.9 Å². The van der Waals surface area contributed by atoms with Gasteiger partial charge in [-0.3, -0.25) is 0 Å². The molecule has 0 spiro atoms. The van der Waals surface area contributed by atoms with Gasteiger partial charge in [0.2, 0.25) is 0 Å². The summed E-state index contributed by atoms with van der Waals surface area (Å²) in [6.45, 7) is 9.88. The Balaban J connectivity index is 4.50. The van der Waals surface area contributed by atoms with E-state index in [4.69, 9.17) is 0 Å². The van der Waals surface area contributed by atoms with Crippen molar-refractivity contribution in [1.29, 1.82) is 0 Å².